The molecule has 0 amide bonds. The van der Waals surface area contributed by atoms with Crippen LogP contribution in [-0.2, 0) is 25.0 Å². The quantitative estimate of drug-likeness (QED) is 0.600. The van der Waals surface area contributed by atoms with E-state index in [2.05, 4.69) is 14.9 Å². The summed E-state index contributed by atoms with van der Waals surface area (Å²) in [6.07, 6.45) is 5.41. The van der Waals surface area contributed by atoms with E-state index >= 15 is 0 Å². The summed E-state index contributed by atoms with van der Waals surface area (Å²) in [4.78, 5) is 36.2. The fraction of sp³-hybridized carbons (Fsp3) is 0.450. The molecule has 1 fully saturated rings. The normalized spacial score (nSPS) is 21.1. The molecule has 5 rings (SSSR count). The van der Waals surface area contributed by atoms with Crippen molar-refractivity contribution in [1.82, 2.24) is 29.2 Å². The molecule has 0 unspecified atom stereocenters. The van der Waals surface area contributed by atoms with Gasteiger partial charge >= 0.3 is 11.1 Å². The van der Waals surface area contributed by atoms with Crippen LogP contribution in [-0.4, -0.2) is 42.3 Å². The van der Waals surface area contributed by atoms with E-state index in [1.807, 2.05) is 36.8 Å². The van der Waals surface area contributed by atoms with Gasteiger partial charge < -0.3 is 0 Å². The van der Waals surface area contributed by atoms with Crippen LogP contribution in [0.25, 0.3) is 0 Å². The van der Waals surface area contributed by atoms with E-state index in [1.54, 1.807) is 4.57 Å². The summed E-state index contributed by atoms with van der Waals surface area (Å²) in [5.74, 6) is 0.756. The van der Waals surface area contributed by atoms with Gasteiger partial charge in [-0.15, -0.1) is 11.3 Å². The summed E-state index contributed by atoms with van der Waals surface area (Å²) in [5, 5.41) is 7.54. The third-order valence-corrected chi connectivity index (χ3v) is 6.81. The number of thiazole rings is 1. The lowest BCUT2D eigenvalue weighted by molar-refractivity contribution is 0.298. The van der Waals surface area contributed by atoms with Crippen LogP contribution in [0.3, 0.4) is 0 Å². The van der Waals surface area contributed by atoms with Gasteiger partial charge in [-0.3, -0.25) is 24.0 Å². The van der Waals surface area contributed by atoms with Gasteiger partial charge in [-0.05, 0) is 44.0 Å². The number of rotatable bonds is 4. The van der Waals surface area contributed by atoms with Gasteiger partial charge in [0.1, 0.15) is 5.82 Å². The number of likely N-dealkylation sites (tertiary alicyclic amines) is 1. The van der Waals surface area contributed by atoms with Crippen LogP contribution in [0.5, 0.6) is 0 Å². The maximum atomic E-state index is 12.7. The molecule has 29 heavy (non-hydrogen) atoms. The van der Waals surface area contributed by atoms with Gasteiger partial charge in [-0.2, -0.15) is 5.10 Å². The monoisotopic (exact) mass is 410 g/mol. The molecule has 0 saturated carbocycles. The first-order valence-corrected chi connectivity index (χ1v) is 10.7. The van der Waals surface area contributed by atoms with Gasteiger partial charge in [0.25, 0.3) is 0 Å². The van der Waals surface area contributed by atoms with Crippen molar-refractivity contribution in [3.63, 3.8) is 0 Å². The zero-order valence-electron chi connectivity index (χ0n) is 16.2. The molecule has 9 heteroatoms. The number of nitrogens with zero attached hydrogens (tertiary/aromatic N) is 6. The molecular weight excluding hydrogens is 388 g/mol. The highest BCUT2D eigenvalue weighted by molar-refractivity contribution is 7.09. The Morgan fingerprint density at radius 3 is 2.66 bits per heavy atom. The summed E-state index contributed by atoms with van der Waals surface area (Å²) in [7, 11) is 0. The molecule has 1 spiro atoms. The predicted molar refractivity (Wildman–Crippen MR) is 109 cm³/mol. The molecule has 2 aliphatic rings. The van der Waals surface area contributed by atoms with Gasteiger partial charge in [-0.25, -0.2) is 9.67 Å². The lowest BCUT2D eigenvalue weighted by atomic mass is 9.85. The summed E-state index contributed by atoms with van der Waals surface area (Å²) >= 11 is 1.53. The third kappa shape index (κ3) is 3.24. The summed E-state index contributed by atoms with van der Waals surface area (Å²) in [6.45, 7) is 5.37. The Kier molecular flexibility index (Phi) is 4.44. The van der Waals surface area contributed by atoms with Gasteiger partial charge in [0.2, 0.25) is 0 Å². The second-order valence-corrected chi connectivity index (χ2v) is 9.01. The number of hydrogen-bond acceptors (Lipinski definition) is 7. The second-order valence-electron chi connectivity index (χ2n) is 7.95. The minimum atomic E-state index is -0.567. The molecule has 0 N–H and O–H groups in total. The third-order valence-electron chi connectivity index (χ3n) is 5.99. The molecule has 2 aliphatic heterocycles. The highest BCUT2D eigenvalue weighted by Gasteiger charge is 2.47. The maximum Gasteiger partial charge on any atom is 0.332 e. The van der Waals surface area contributed by atoms with Crippen molar-refractivity contribution in [2.45, 2.75) is 44.8 Å². The van der Waals surface area contributed by atoms with Crippen molar-refractivity contribution in [1.29, 1.82) is 0 Å². The molecule has 5 heterocycles. The number of pyridine rings is 1. The number of fused-ring (bicyclic) bond motifs is 2. The van der Waals surface area contributed by atoms with Crippen molar-refractivity contribution >= 4 is 11.3 Å². The molecule has 1 atom stereocenters. The first kappa shape index (κ1) is 18.4. The second kappa shape index (κ2) is 7.00. The molecule has 0 aliphatic carbocycles. The molecule has 8 nitrogen and oxygen atoms in total. The highest BCUT2D eigenvalue weighted by atomic mass is 32.1. The molecule has 150 valence electrons. The van der Waals surface area contributed by atoms with Crippen LogP contribution >= 0.6 is 11.3 Å². The first-order chi connectivity index (χ1) is 14.0. The van der Waals surface area contributed by atoms with Crippen molar-refractivity contribution in [3.05, 3.63) is 72.7 Å². The van der Waals surface area contributed by atoms with E-state index in [0.717, 1.165) is 49.0 Å². The molecule has 0 aromatic carbocycles. The summed E-state index contributed by atoms with van der Waals surface area (Å²) in [5.41, 5.74) is 0.794. The van der Waals surface area contributed by atoms with Crippen LogP contribution in [0.1, 0.15) is 34.9 Å². The number of hydrogen-bond donors (Lipinski definition) is 0. The lowest BCUT2D eigenvalue weighted by Crippen LogP contribution is -2.45. The van der Waals surface area contributed by atoms with Crippen LogP contribution in [0.2, 0.25) is 0 Å². The zero-order chi connectivity index (χ0) is 20.0. The van der Waals surface area contributed by atoms with Crippen LogP contribution in [0, 0.1) is 6.92 Å². The predicted octanol–water partition coefficient (Wildman–Crippen LogP) is 1.16. The SMILES string of the molecule is Cc1nc(Cn2nc3n(c(=O)c2=O)CC[C@@]32CCN(Cc3ccncc3)C2)cs1. The number of aromatic nitrogens is 5. The molecular formula is C20H22N6O2S. The molecule has 3 aromatic rings. The average molecular weight is 411 g/mol. The zero-order valence-corrected chi connectivity index (χ0v) is 17.1. The van der Waals surface area contributed by atoms with E-state index < -0.39 is 11.1 Å². The lowest BCUT2D eigenvalue weighted by Gasteiger charge is -2.23. The summed E-state index contributed by atoms with van der Waals surface area (Å²) in [6, 6.07) is 4.06. The van der Waals surface area contributed by atoms with E-state index in [9.17, 15) is 9.59 Å². The largest absolute Gasteiger partial charge is 0.332 e. The van der Waals surface area contributed by atoms with E-state index in [-0.39, 0.29) is 12.0 Å². The van der Waals surface area contributed by atoms with Crippen LogP contribution in [0.15, 0.2) is 39.5 Å². The minimum Gasteiger partial charge on any atom is -0.298 e. The fourth-order valence-electron chi connectivity index (χ4n) is 4.54. The Morgan fingerprint density at radius 1 is 1.10 bits per heavy atom. The van der Waals surface area contributed by atoms with Crippen molar-refractivity contribution < 1.29 is 0 Å². The van der Waals surface area contributed by atoms with Crippen molar-refractivity contribution in [3.8, 4) is 0 Å². The standard InChI is InChI=1S/C20H22N6O2S/c1-14-22-16(12-29-14)11-26-18(28)17(27)25-9-5-20(19(25)23-26)4-8-24(13-20)10-15-2-6-21-7-3-15/h2-3,6-7,12H,4-5,8-11,13H2,1H3/t20-/m1/s1. The maximum absolute atomic E-state index is 12.7. The van der Waals surface area contributed by atoms with E-state index in [4.69, 9.17) is 5.10 Å². The van der Waals surface area contributed by atoms with Crippen LogP contribution in [0.4, 0.5) is 0 Å². The van der Waals surface area contributed by atoms with Gasteiger partial charge in [0, 0.05) is 42.8 Å². The topological polar surface area (TPSA) is 85.9 Å². The molecule has 0 bridgehead atoms. The number of aryl methyl sites for hydroxylation is 1. The van der Waals surface area contributed by atoms with Gasteiger partial charge in [0.05, 0.1) is 17.2 Å². The molecule has 0 radical (unpaired) electrons. The smallest absolute Gasteiger partial charge is 0.298 e. The highest BCUT2D eigenvalue weighted by Crippen LogP contribution is 2.40. The van der Waals surface area contributed by atoms with E-state index in [0.29, 0.717) is 6.54 Å². The Hall–Kier alpha value is -2.65. The van der Waals surface area contributed by atoms with Gasteiger partial charge in [0.15, 0.2) is 0 Å². The fourth-order valence-corrected chi connectivity index (χ4v) is 5.14. The Morgan fingerprint density at radius 2 is 1.90 bits per heavy atom. The minimum absolute atomic E-state index is 0.167. The molecule has 1 saturated heterocycles. The van der Waals surface area contributed by atoms with E-state index in [1.165, 1.54) is 21.6 Å². The van der Waals surface area contributed by atoms with Gasteiger partial charge in [-0.1, -0.05) is 0 Å². The average Bonchev–Trinajstić information content (AvgIpc) is 3.41. The van der Waals surface area contributed by atoms with Crippen LogP contribution < -0.4 is 11.1 Å². The Bertz CT molecular complexity index is 1170. The first-order valence-electron chi connectivity index (χ1n) is 9.79. The molecule has 3 aromatic heterocycles. The summed E-state index contributed by atoms with van der Waals surface area (Å²) < 4.78 is 2.91. The van der Waals surface area contributed by atoms with Crippen molar-refractivity contribution in [2.24, 2.45) is 0 Å². The Balaban J connectivity index is 1.46. The Labute approximate surface area is 171 Å². The van der Waals surface area contributed by atoms with Crippen molar-refractivity contribution in [2.75, 3.05) is 13.1 Å².